The summed E-state index contributed by atoms with van der Waals surface area (Å²) < 4.78 is 13.9. The van der Waals surface area contributed by atoms with E-state index in [-0.39, 0.29) is 15.3 Å². The molecule has 1 nitrogen and oxygen atoms in total. The number of benzene rings is 2. The first-order valence-electron chi connectivity index (χ1n) is 8.62. The van der Waals surface area contributed by atoms with Gasteiger partial charge in [-0.25, -0.2) is 4.39 Å². The van der Waals surface area contributed by atoms with E-state index in [2.05, 4.69) is 80.5 Å². The largest absolute Gasteiger partial charge is 0.381 e. The summed E-state index contributed by atoms with van der Waals surface area (Å²) in [5, 5.41) is 3.91. The lowest BCUT2D eigenvalue weighted by atomic mass is 9.92. The van der Waals surface area contributed by atoms with Crippen LogP contribution in [0.1, 0.15) is 38.8 Å². The van der Waals surface area contributed by atoms with Gasteiger partial charge in [0, 0.05) is 21.7 Å². The molecule has 0 spiro atoms. The highest BCUT2D eigenvalue weighted by molar-refractivity contribution is 8.58. The van der Waals surface area contributed by atoms with E-state index in [0.29, 0.717) is 17.4 Å². The van der Waals surface area contributed by atoms with Crippen molar-refractivity contribution in [1.29, 1.82) is 0 Å². The van der Waals surface area contributed by atoms with E-state index in [1.807, 2.05) is 12.1 Å². The summed E-state index contributed by atoms with van der Waals surface area (Å²) in [5.41, 5.74) is 4.25. The molecule has 25 heavy (non-hydrogen) atoms. The van der Waals surface area contributed by atoms with Crippen molar-refractivity contribution in [3.8, 4) is 0 Å². The highest BCUT2D eigenvalue weighted by Gasteiger charge is 2.49. The molecule has 1 N–H and O–H groups in total. The van der Waals surface area contributed by atoms with Gasteiger partial charge in [0.1, 0.15) is 5.82 Å². The second kappa shape index (κ2) is 6.92. The van der Waals surface area contributed by atoms with E-state index >= 15 is 0 Å². The molecule has 2 aromatic carbocycles. The van der Waals surface area contributed by atoms with Crippen LogP contribution in [0.25, 0.3) is 0 Å². The minimum atomic E-state index is -0.148. The second-order valence-corrected chi connectivity index (χ2v) is 11.4. The van der Waals surface area contributed by atoms with Crippen molar-refractivity contribution < 1.29 is 4.39 Å². The SMILES string of the molecule is Cc1cc(CNc2ccc(B3SC(C)(C)C(C)(C)S3)cc2)ccc1F. The van der Waals surface area contributed by atoms with Gasteiger partial charge in [0.25, 0.3) is 0 Å². The van der Waals surface area contributed by atoms with Gasteiger partial charge in [-0.3, -0.25) is 0 Å². The summed E-state index contributed by atoms with van der Waals surface area (Å²) in [4.78, 5) is 0. The van der Waals surface area contributed by atoms with Crippen LogP contribution in [0.2, 0.25) is 0 Å². The number of aryl methyl sites for hydroxylation is 1. The zero-order chi connectivity index (χ0) is 18.2. The zero-order valence-electron chi connectivity index (χ0n) is 15.5. The molecule has 0 unspecified atom stereocenters. The minimum absolute atomic E-state index is 0.148. The van der Waals surface area contributed by atoms with Crippen molar-refractivity contribution in [3.05, 3.63) is 59.4 Å². The van der Waals surface area contributed by atoms with E-state index in [4.69, 9.17) is 0 Å². The number of anilines is 1. The Morgan fingerprint density at radius 2 is 1.56 bits per heavy atom. The smallest absolute Gasteiger partial charge is 0.308 e. The Hall–Kier alpha value is -1.07. The Bertz CT molecular complexity index is 743. The van der Waals surface area contributed by atoms with E-state index in [1.165, 1.54) is 11.5 Å². The number of hydrogen-bond donors (Lipinski definition) is 1. The standard InChI is InChI=1S/C20H25BFNS2/c1-14-12-15(6-11-18(14)22)13-23-17-9-7-16(8-10-17)21-24-19(2,3)20(4,5)25-21/h6-12,23H,13H2,1-5H3. The summed E-state index contributed by atoms with van der Waals surface area (Å²) in [6, 6.07) is 14.0. The topological polar surface area (TPSA) is 12.0 Å². The Morgan fingerprint density at radius 3 is 2.12 bits per heavy atom. The van der Waals surface area contributed by atoms with Gasteiger partial charge in [0.2, 0.25) is 0 Å². The van der Waals surface area contributed by atoms with Crippen molar-refractivity contribution in [2.45, 2.75) is 50.7 Å². The average molecular weight is 373 g/mol. The fourth-order valence-corrected chi connectivity index (χ4v) is 6.91. The van der Waals surface area contributed by atoms with Crippen molar-refractivity contribution in [2.24, 2.45) is 0 Å². The molecule has 1 saturated heterocycles. The van der Waals surface area contributed by atoms with Crippen LogP contribution in [0, 0.1) is 12.7 Å². The van der Waals surface area contributed by atoms with Crippen LogP contribution >= 0.6 is 23.2 Å². The quantitative estimate of drug-likeness (QED) is 0.713. The van der Waals surface area contributed by atoms with Gasteiger partial charge in [-0.2, -0.15) is 23.2 Å². The van der Waals surface area contributed by atoms with Crippen LogP contribution < -0.4 is 10.8 Å². The van der Waals surface area contributed by atoms with Crippen molar-refractivity contribution in [2.75, 3.05) is 5.32 Å². The minimum Gasteiger partial charge on any atom is -0.381 e. The van der Waals surface area contributed by atoms with Gasteiger partial charge in [0.15, 0.2) is 0 Å². The van der Waals surface area contributed by atoms with Crippen LogP contribution in [-0.2, 0) is 6.54 Å². The molecule has 1 aliphatic rings. The molecule has 0 saturated carbocycles. The Morgan fingerprint density at radius 1 is 0.960 bits per heavy atom. The second-order valence-electron chi connectivity index (χ2n) is 7.65. The summed E-state index contributed by atoms with van der Waals surface area (Å²) in [7, 11) is 0. The molecule has 0 atom stereocenters. The predicted octanol–water partition coefficient (Wildman–Crippen LogP) is 5.48. The molecule has 1 aliphatic heterocycles. The highest BCUT2D eigenvalue weighted by Crippen LogP contribution is 2.55. The first-order chi connectivity index (χ1) is 11.7. The predicted molar refractivity (Wildman–Crippen MR) is 114 cm³/mol. The molecule has 0 aromatic heterocycles. The molecule has 0 bridgehead atoms. The van der Waals surface area contributed by atoms with Crippen LogP contribution in [0.3, 0.4) is 0 Å². The first kappa shape index (κ1) is 18.7. The maximum absolute atomic E-state index is 13.3. The number of rotatable bonds is 4. The van der Waals surface area contributed by atoms with Crippen LogP contribution in [0.15, 0.2) is 42.5 Å². The summed E-state index contributed by atoms with van der Waals surface area (Å²) in [6.07, 6.45) is 0. The lowest BCUT2D eigenvalue weighted by molar-refractivity contribution is 0.561. The van der Waals surface area contributed by atoms with E-state index in [1.54, 1.807) is 6.92 Å². The van der Waals surface area contributed by atoms with Gasteiger partial charge < -0.3 is 5.32 Å². The van der Waals surface area contributed by atoms with Crippen molar-refractivity contribution in [1.82, 2.24) is 0 Å². The normalized spacial score (nSPS) is 18.4. The molecule has 2 aromatic rings. The Labute approximate surface area is 159 Å². The number of halogens is 1. The van der Waals surface area contributed by atoms with Gasteiger partial charge >= 0.3 is 5.27 Å². The third kappa shape index (κ3) is 4.03. The zero-order valence-corrected chi connectivity index (χ0v) is 17.2. The summed E-state index contributed by atoms with van der Waals surface area (Å²) in [5.74, 6) is -0.148. The maximum Gasteiger partial charge on any atom is 0.308 e. The van der Waals surface area contributed by atoms with Crippen molar-refractivity contribution in [3.63, 3.8) is 0 Å². The molecule has 3 rings (SSSR count). The van der Waals surface area contributed by atoms with Gasteiger partial charge in [-0.15, -0.1) is 0 Å². The monoisotopic (exact) mass is 373 g/mol. The lowest BCUT2D eigenvalue weighted by Gasteiger charge is -2.33. The van der Waals surface area contributed by atoms with Crippen LogP contribution in [0.5, 0.6) is 0 Å². The third-order valence-electron chi connectivity index (χ3n) is 5.16. The molecule has 1 heterocycles. The van der Waals surface area contributed by atoms with E-state index in [0.717, 1.165) is 11.3 Å². The lowest BCUT2D eigenvalue weighted by Crippen LogP contribution is -2.34. The highest BCUT2D eigenvalue weighted by atomic mass is 32.2. The molecule has 0 aliphatic carbocycles. The van der Waals surface area contributed by atoms with Gasteiger partial charge in [-0.05, 0) is 36.2 Å². The van der Waals surface area contributed by atoms with E-state index < -0.39 is 0 Å². The molecular formula is C20H25BFNS2. The number of nitrogens with one attached hydrogen (secondary N) is 1. The van der Waals surface area contributed by atoms with E-state index in [9.17, 15) is 4.39 Å². The first-order valence-corrected chi connectivity index (χ1v) is 10.4. The third-order valence-corrected chi connectivity index (χ3v) is 9.03. The molecule has 1 fully saturated rings. The molecule has 0 amide bonds. The fourth-order valence-electron chi connectivity index (χ4n) is 2.76. The summed E-state index contributed by atoms with van der Waals surface area (Å²) >= 11 is 4.11. The van der Waals surface area contributed by atoms with Crippen LogP contribution in [0.4, 0.5) is 10.1 Å². The average Bonchev–Trinajstić information content (AvgIpc) is 2.77. The van der Waals surface area contributed by atoms with Crippen molar-refractivity contribution >= 4 is 39.6 Å². The van der Waals surface area contributed by atoms with Gasteiger partial charge in [0.05, 0.1) is 0 Å². The Kier molecular flexibility index (Phi) is 5.18. The molecular weight excluding hydrogens is 348 g/mol. The number of hydrogen-bond acceptors (Lipinski definition) is 3. The molecule has 0 radical (unpaired) electrons. The molecule has 132 valence electrons. The summed E-state index contributed by atoms with van der Waals surface area (Å²) in [6.45, 7) is 11.9. The van der Waals surface area contributed by atoms with Crippen LogP contribution in [-0.4, -0.2) is 14.8 Å². The Balaban J connectivity index is 1.64. The maximum atomic E-state index is 13.3. The fraction of sp³-hybridized carbons (Fsp3) is 0.400. The van der Waals surface area contributed by atoms with Gasteiger partial charge in [-0.1, -0.05) is 57.4 Å². The molecule has 5 heteroatoms.